The standard InChI is InChI=1S/C14H12ClFN2O2/c1-4-8-13(17-7-18-14(8)20-3)9-5-12(19-2)10(15)6-11(9)16/h4-7H,1H2,2-3H3. The van der Waals surface area contributed by atoms with Crippen LogP contribution in [0.5, 0.6) is 11.6 Å². The number of hydrogen-bond acceptors (Lipinski definition) is 4. The molecule has 0 atom stereocenters. The minimum atomic E-state index is -0.514. The largest absolute Gasteiger partial charge is 0.495 e. The lowest BCUT2D eigenvalue weighted by molar-refractivity contribution is 0.396. The SMILES string of the molecule is C=Cc1c(OC)ncnc1-c1cc(OC)c(Cl)cc1F. The van der Waals surface area contributed by atoms with Gasteiger partial charge in [0.1, 0.15) is 17.9 Å². The van der Waals surface area contributed by atoms with Crippen molar-refractivity contribution in [2.75, 3.05) is 14.2 Å². The van der Waals surface area contributed by atoms with Crippen molar-refractivity contribution >= 4 is 17.7 Å². The third kappa shape index (κ3) is 2.44. The molecule has 1 aromatic carbocycles. The van der Waals surface area contributed by atoms with Gasteiger partial charge in [-0.25, -0.2) is 14.4 Å². The third-order valence-electron chi connectivity index (χ3n) is 2.74. The lowest BCUT2D eigenvalue weighted by Gasteiger charge is -2.11. The van der Waals surface area contributed by atoms with E-state index in [1.54, 1.807) is 0 Å². The van der Waals surface area contributed by atoms with E-state index in [0.29, 0.717) is 22.9 Å². The van der Waals surface area contributed by atoms with Gasteiger partial charge in [0.25, 0.3) is 0 Å². The summed E-state index contributed by atoms with van der Waals surface area (Å²) in [6.45, 7) is 3.68. The summed E-state index contributed by atoms with van der Waals surface area (Å²) in [6, 6.07) is 2.66. The second-order valence-corrected chi connectivity index (χ2v) is 4.22. The Morgan fingerprint density at radius 2 is 2.00 bits per heavy atom. The fourth-order valence-electron chi connectivity index (χ4n) is 1.81. The molecule has 0 amide bonds. The summed E-state index contributed by atoms with van der Waals surface area (Å²) >= 11 is 5.88. The number of methoxy groups -OCH3 is 2. The molecule has 0 saturated heterocycles. The number of hydrogen-bond donors (Lipinski definition) is 0. The van der Waals surface area contributed by atoms with Crippen molar-refractivity contribution in [2.24, 2.45) is 0 Å². The van der Waals surface area contributed by atoms with Crippen molar-refractivity contribution in [3.63, 3.8) is 0 Å². The van der Waals surface area contributed by atoms with E-state index in [2.05, 4.69) is 16.5 Å². The summed E-state index contributed by atoms with van der Waals surface area (Å²) in [5, 5.41) is 0.190. The van der Waals surface area contributed by atoms with Gasteiger partial charge in [-0.15, -0.1) is 0 Å². The molecule has 20 heavy (non-hydrogen) atoms. The van der Waals surface area contributed by atoms with Crippen LogP contribution in [0.25, 0.3) is 17.3 Å². The highest BCUT2D eigenvalue weighted by molar-refractivity contribution is 6.32. The summed E-state index contributed by atoms with van der Waals surface area (Å²) in [4.78, 5) is 8.05. The van der Waals surface area contributed by atoms with Gasteiger partial charge in [0.15, 0.2) is 0 Å². The second-order valence-electron chi connectivity index (χ2n) is 3.82. The number of halogens is 2. The summed E-state index contributed by atoms with van der Waals surface area (Å²) in [7, 11) is 2.93. The molecule has 0 N–H and O–H groups in total. The average Bonchev–Trinajstić information content (AvgIpc) is 2.46. The molecule has 0 aliphatic carbocycles. The van der Waals surface area contributed by atoms with Crippen LogP contribution in [-0.2, 0) is 0 Å². The van der Waals surface area contributed by atoms with Crippen LogP contribution in [0.3, 0.4) is 0 Å². The average molecular weight is 295 g/mol. The predicted molar refractivity (Wildman–Crippen MR) is 75.6 cm³/mol. The lowest BCUT2D eigenvalue weighted by atomic mass is 10.1. The Labute approximate surface area is 120 Å². The molecule has 0 unspecified atom stereocenters. The molecule has 6 heteroatoms. The van der Waals surface area contributed by atoms with Gasteiger partial charge in [0.05, 0.1) is 30.5 Å². The fourth-order valence-corrected chi connectivity index (χ4v) is 2.04. The van der Waals surface area contributed by atoms with Gasteiger partial charge < -0.3 is 9.47 Å². The molecule has 1 aromatic heterocycles. The van der Waals surface area contributed by atoms with Crippen LogP contribution in [0.2, 0.25) is 5.02 Å². The van der Waals surface area contributed by atoms with E-state index in [4.69, 9.17) is 21.1 Å². The molecule has 2 rings (SSSR count). The minimum absolute atomic E-state index is 0.190. The molecule has 104 valence electrons. The zero-order chi connectivity index (χ0) is 14.7. The monoisotopic (exact) mass is 294 g/mol. The van der Waals surface area contributed by atoms with Crippen LogP contribution in [0.1, 0.15) is 5.56 Å². The maximum absolute atomic E-state index is 14.1. The van der Waals surface area contributed by atoms with Gasteiger partial charge in [-0.2, -0.15) is 0 Å². The zero-order valence-electron chi connectivity index (χ0n) is 11.0. The minimum Gasteiger partial charge on any atom is -0.495 e. The summed E-state index contributed by atoms with van der Waals surface area (Å²) in [5.41, 5.74) is 1.10. The van der Waals surface area contributed by atoms with E-state index in [9.17, 15) is 4.39 Å². The highest BCUT2D eigenvalue weighted by Gasteiger charge is 2.17. The van der Waals surface area contributed by atoms with Crippen LogP contribution in [0.4, 0.5) is 4.39 Å². The van der Waals surface area contributed by atoms with Crippen LogP contribution >= 0.6 is 11.6 Å². The first-order valence-corrected chi connectivity index (χ1v) is 6.05. The molecule has 0 fully saturated rings. The highest BCUT2D eigenvalue weighted by Crippen LogP contribution is 2.35. The molecule has 0 bridgehead atoms. The number of nitrogens with zero attached hydrogens (tertiary/aromatic N) is 2. The van der Waals surface area contributed by atoms with Crippen molar-refractivity contribution in [1.82, 2.24) is 9.97 Å². The van der Waals surface area contributed by atoms with Crippen LogP contribution in [-0.4, -0.2) is 24.2 Å². The fraction of sp³-hybridized carbons (Fsp3) is 0.143. The maximum Gasteiger partial charge on any atom is 0.224 e. The topological polar surface area (TPSA) is 44.2 Å². The molecule has 4 nitrogen and oxygen atoms in total. The van der Waals surface area contributed by atoms with Gasteiger partial charge in [-0.3, -0.25) is 0 Å². The summed E-state index contributed by atoms with van der Waals surface area (Å²) in [6.07, 6.45) is 2.80. The van der Waals surface area contributed by atoms with E-state index in [0.717, 1.165) is 0 Å². The van der Waals surface area contributed by atoms with E-state index >= 15 is 0 Å². The van der Waals surface area contributed by atoms with E-state index in [1.165, 1.54) is 38.8 Å². The Balaban J connectivity index is 2.71. The molecule has 0 saturated carbocycles. The molecule has 2 aromatic rings. The Morgan fingerprint density at radius 1 is 1.25 bits per heavy atom. The van der Waals surface area contributed by atoms with Gasteiger partial charge in [-0.1, -0.05) is 24.3 Å². The van der Waals surface area contributed by atoms with Crippen LogP contribution in [0.15, 0.2) is 25.0 Å². The highest BCUT2D eigenvalue weighted by atomic mass is 35.5. The molecule has 0 radical (unpaired) electrons. The second kappa shape index (κ2) is 5.88. The summed E-state index contributed by atoms with van der Waals surface area (Å²) in [5.74, 6) is 0.161. The lowest BCUT2D eigenvalue weighted by Crippen LogP contribution is -1.98. The first-order chi connectivity index (χ1) is 9.62. The third-order valence-corrected chi connectivity index (χ3v) is 3.04. The Kier molecular flexibility index (Phi) is 4.20. The van der Waals surface area contributed by atoms with Crippen LogP contribution in [0, 0.1) is 5.82 Å². The van der Waals surface area contributed by atoms with Crippen molar-refractivity contribution in [2.45, 2.75) is 0 Å². The molecule has 0 aliphatic rings. The first-order valence-electron chi connectivity index (χ1n) is 5.67. The van der Waals surface area contributed by atoms with Gasteiger partial charge >= 0.3 is 0 Å². The molecule has 0 aliphatic heterocycles. The molecular formula is C14H12ClFN2O2. The van der Waals surface area contributed by atoms with Crippen LogP contribution < -0.4 is 9.47 Å². The molecule has 1 heterocycles. The van der Waals surface area contributed by atoms with Crippen molar-refractivity contribution < 1.29 is 13.9 Å². The Morgan fingerprint density at radius 3 is 2.60 bits per heavy atom. The van der Waals surface area contributed by atoms with Gasteiger partial charge in [-0.05, 0) is 12.1 Å². The van der Waals surface area contributed by atoms with Crippen molar-refractivity contribution in [3.05, 3.63) is 41.4 Å². The van der Waals surface area contributed by atoms with Crippen molar-refractivity contribution in [1.29, 1.82) is 0 Å². The normalized spacial score (nSPS) is 10.2. The van der Waals surface area contributed by atoms with Gasteiger partial charge in [0, 0.05) is 5.56 Å². The molecule has 0 spiro atoms. The summed E-state index contributed by atoms with van der Waals surface area (Å²) < 4.78 is 24.3. The van der Waals surface area contributed by atoms with E-state index in [-0.39, 0.29) is 10.6 Å². The van der Waals surface area contributed by atoms with Crippen molar-refractivity contribution in [3.8, 4) is 22.9 Å². The number of ether oxygens (including phenoxy) is 2. The quantitative estimate of drug-likeness (QED) is 0.864. The number of benzene rings is 1. The number of aromatic nitrogens is 2. The van der Waals surface area contributed by atoms with E-state index in [1.807, 2.05) is 0 Å². The first kappa shape index (κ1) is 14.3. The van der Waals surface area contributed by atoms with Gasteiger partial charge in [0.2, 0.25) is 5.88 Å². The Bertz CT molecular complexity index is 662. The smallest absolute Gasteiger partial charge is 0.224 e. The Hall–Kier alpha value is -2.14. The zero-order valence-corrected chi connectivity index (χ0v) is 11.7. The van der Waals surface area contributed by atoms with E-state index < -0.39 is 5.82 Å². The maximum atomic E-state index is 14.1. The number of rotatable bonds is 4. The predicted octanol–water partition coefficient (Wildman–Crippen LogP) is 3.60. The molecular weight excluding hydrogens is 283 g/mol.